The molecule has 1 aliphatic rings. The molecule has 1 atom stereocenters. The average Bonchev–Trinajstić information content (AvgIpc) is 3.09. The zero-order valence-electron chi connectivity index (χ0n) is 13.6. The Kier molecular flexibility index (Phi) is 5.08. The second-order valence-corrected chi connectivity index (χ2v) is 6.29. The van der Waals surface area contributed by atoms with Gasteiger partial charge >= 0.3 is 0 Å². The summed E-state index contributed by atoms with van der Waals surface area (Å²) in [4.78, 5) is 14.5. The van der Waals surface area contributed by atoms with Gasteiger partial charge in [-0.15, -0.1) is 0 Å². The topological polar surface area (TPSA) is 61.0 Å². The Morgan fingerprint density at radius 1 is 1.39 bits per heavy atom. The molecule has 0 unspecified atom stereocenters. The maximum atomic E-state index is 12.2. The van der Waals surface area contributed by atoms with Crippen LogP contribution in [-0.2, 0) is 11.3 Å². The molecule has 0 radical (unpaired) electrons. The molecule has 23 heavy (non-hydrogen) atoms. The van der Waals surface area contributed by atoms with E-state index in [2.05, 4.69) is 39.5 Å². The van der Waals surface area contributed by atoms with E-state index in [0.717, 1.165) is 25.9 Å². The number of nitrogens with one attached hydrogen (secondary N) is 2. The van der Waals surface area contributed by atoms with Crippen LogP contribution >= 0.6 is 0 Å². The number of likely N-dealkylation sites (tertiary alicyclic amines) is 1. The van der Waals surface area contributed by atoms with Crippen LogP contribution in [0.5, 0.6) is 0 Å². The third-order valence-electron chi connectivity index (χ3n) is 4.57. The molecule has 3 rings (SSSR count). The van der Waals surface area contributed by atoms with Gasteiger partial charge in [-0.05, 0) is 43.5 Å². The summed E-state index contributed by atoms with van der Waals surface area (Å²) in [7, 11) is 0. The molecule has 0 aliphatic carbocycles. The fourth-order valence-electron chi connectivity index (χ4n) is 3.21. The lowest BCUT2D eigenvalue weighted by molar-refractivity contribution is -0.122. The first-order valence-electron chi connectivity index (χ1n) is 8.25. The van der Waals surface area contributed by atoms with Gasteiger partial charge in [-0.25, -0.2) is 0 Å². The Hall–Kier alpha value is -2.14. The van der Waals surface area contributed by atoms with E-state index in [4.69, 9.17) is 0 Å². The monoisotopic (exact) mass is 312 g/mol. The number of piperidine rings is 1. The third kappa shape index (κ3) is 4.20. The molecule has 1 aromatic carbocycles. The van der Waals surface area contributed by atoms with E-state index in [1.165, 1.54) is 16.8 Å². The van der Waals surface area contributed by atoms with Gasteiger partial charge in [-0.2, -0.15) is 5.10 Å². The van der Waals surface area contributed by atoms with Gasteiger partial charge in [0.1, 0.15) is 0 Å². The van der Waals surface area contributed by atoms with Crippen LogP contribution in [0.1, 0.15) is 35.6 Å². The quantitative estimate of drug-likeness (QED) is 0.890. The molecule has 1 saturated heterocycles. The molecule has 0 bridgehead atoms. The number of carbonyl (C=O) groups excluding carboxylic acids is 1. The van der Waals surface area contributed by atoms with Crippen LogP contribution in [0.2, 0.25) is 0 Å². The second kappa shape index (κ2) is 7.42. The Morgan fingerprint density at radius 3 is 3.04 bits per heavy atom. The Balaban J connectivity index is 1.49. The number of benzene rings is 1. The summed E-state index contributed by atoms with van der Waals surface area (Å²) in [6.07, 6.45) is 4.07. The SMILES string of the molecule is Cc1ccccc1CNC(=O)CN1CCC[C@H](c2ccn[nH]2)C1. The van der Waals surface area contributed by atoms with Crippen LogP contribution in [0.15, 0.2) is 36.5 Å². The number of rotatable bonds is 5. The summed E-state index contributed by atoms with van der Waals surface area (Å²) in [6.45, 7) is 5.04. The highest BCUT2D eigenvalue weighted by molar-refractivity contribution is 5.78. The first-order valence-corrected chi connectivity index (χ1v) is 8.25. The van der Waals surface area contributed by atoms with Gasteiger partial charge in [-0.3, -0.25) is 14.8 Å². The fourth-order valence-corrected chi connectivity index (χ4v) is 3.21. The summed E-state index contributed by atoms with van der Waals surface area (Å²) in [5.41, 5.74) is 3.56. The third-order valence-corrected chi connectivity index (χ3v) is 4.57. The highest BCUT2D eigenvalue weighted by Gasteiger charge is 2.23. The largest absolute Gasteiger partial charge is 0.351 e. The standard InChI is InChI=1S/C18H24N4O/c1-14-5-2-3-6-15(14)11-19-18(23)13-22-10-4-7-16(12-22)17-8-9-20-21-17/h2-3,5-6,8-9,16H,4,7,10-13H2,1H3,(H,19,23)(H,20,21)/t16-/m0/s1. The summed E-state index contributed by atoms with van der Waals surface area (Å²) in [5.74, 6) is 0.550. The number of aromatic nitrogens is 2. The van der Waals surface area contributed by atoms with Crippen molar-refractivity contribution >= 4 is 5.91 Å². The van der Waals surface area contributed by atoms with Crippen LogP contribution in [0.4, 0.5) is 0 Å². The maximum absolute atomic E-state index is 12.2. The van der Waals surface area contributed by atoms with Crippen molar-refractivity contribution in [1.82, 2.24) is 20.4 Å². The number of amides is 1. The lowest BCUT2D eigenvalue weighted by atomic mass is 9.95. The molecular weight excluding hydrogens is 288 g/mol. The molecule has 122 valence electrons. The maximum Gasteiger partial charge on any atom is 0.234 e. The van der Waals surface area contributed by atoms with Gasteiger partial charge in [0.15, 0.2) is 0 Å². The fraction of sp³-hybridized carbons (Fsp3) is 0.444. The first-order chi connectivity index (χ1) is 11.2. The summed E-state index contributed by atoms with van der Waals surface area (Å²) in [5, 5.41) is 10.1. The number of carbonyl (C=O) groups is 1. The van der Waals surface area contributed by atoms with Gasteiger partial charge in [0.25, 0.3) is 0 Å². The van der Waals surface area contributed by atoms with Crippen molar-refractivity contribution < 1.29 is 4.79 Å². The Labute approximate surface area is 137 Å². The highest BCUT2D eigenvalue weighted by Crippen LogP contribution is 2.24. The molecule has 2 heterocycles. The van der Waals surface area contributed by atoms with Gasteiger partial charge in [-0.1, -0.05) is 24.3 Å². The number of hydrogen-bond acceptors (Lipinski definition) is 3. The van der Waals surface area contributed by atoms with E-state index in [0.29, 0.717) is 19.0 Å². The van der Waals surface area contributed by atoms with Gasteiger partial charge < -0.3 is 5.32 Å². The van der Waals surface area contributed by atoms with Crippen molar-refractivity contribution in [2.24, 2.45) is 0 Å². The van der Waals surface area contributed by atoms with Crippen molar-refractivity contribution in [2.75, 3.05) is 19.6 Å². The summed E-state index contributed by atoms with van der Waals surface area (Å²) >= 11 is 0. The van der Waals surface area contributed by atoms with Gasteiger partial charge in [0.2, 0.25) is 5.91 Å². The molecule has 2 N–H and O–H groups in total. The first kappa shape index (κ1) is 15.7. The molecular formula is C18H24N4O. The van der Waals surface area contributed by atoms with E-state index in [9.17, 15) is 4.79 Å². The average molecular weight is 312 g/mol. The van der Waals surface area contributed by atoms with E-state index < -0.39 is 0 Å². The van der Waals surface area contributed by atoms with E-state index in [-0.39, 0.29) is 5.91 Å². The zero-order valence-corrected chi connectivity index (χ0v) is 13.6. The van der Waals surface area contributed by atoms with Crippen LogP contribution in [0.25, 0.3) is 0 Å². The van der Waals surface area contributed by atoms with Crippen LogP contribution in [0, 0.1) is 6.92 Å². The number of H-pyrrole nitrogens is 1. The minimum Gasteiger partial charge on any atom is -0.351 e. The number of nitrogens with zero attached hydrogens (tertiary/aromatic N) is 2. The van der Waals surface area contributed by atoms with Crippen LogP contribution in [-0.4, -0.2) is 40.6 Å². The molecule has 1 amide bonds. The molecule has 2 aromatic rings. The van der Waals surface area contributed by atoms with Crippen molar-refractivity contribution in [3.05, 3.63) is 53.3 Å². The van der Waals surface area contributed by atoms with Crippen LogP contribution in [0.3, 0.4) is 0 Å². The van der Waals surface area contributed by atoms with Crippen molar-refractivity contribution in [3.8, 4) is 0 Å². The number of aryl methyl sites for hydroxylation is 1. The lowest BCUT2D eigenvalue weighted by Gasteiger charge is -2.31. The predicted molar refractivity (Wildman–Crippen MR) is 90.0 cm³/mol. The highest BCUT2D eigenvalue weighted by atomic mass is 16.2. The molecule has 1 fully saturated rings. The van der Waals surface area contributed by atoms with Crippen molar-refractivity contribution in [2.45, 2.75) is 32.2 Å². The Bertz CT molecular complexity index is 638. The van der Waals surface area contributed by atoms with E-state index >= 15 is 0 Å². The molecule has 1 aliphatic heterocycles. The molecule has 5 heteroatoms. The van der Waals surface area contributed by atoms with Crippen molar-refractivity contribution in [1.29, 1.82) is 0 Å². The van der Waals surface area contributed by atoms with E-state index in [1.54, 1.807) is 6.20 Å². The zero-order chi connectivity index (χ0) is 16.1. The molecule has 0 spiro atoms. The number of hydrogen-bond donors (Lipinski definition) is 2. The smallest absolute Gasteiger partial charge is 0.234 e. The van der Waals surface area contributed by atoms with Crippen LogP contribution < -0.4 is 5.32 Å². The lowest BCUT2D eigenvalue weighted by Crippen LogP contribution is -2.41. The molecule has 5 nitrogen and oxygen atoms in total. The second-order valence-electron chi connectivity index (χ2n) is 6.29. The predicted octanol–water partition coefficient (Wildman–Crippen LogP) is 2.21. The summed E-state index contributed by atoms with van der Waals surface area (Å²) < 4.78 is 0. The van der Waals surface area contributed by atoms with E-state index in [1.807, 2.05) is 18.2 Å². The number of aromatic amines is 1. The minimum atomic E-state index is 0.0958. The van der Waals surface area contributed by atoms with Crippen molar-refractivity contribution in [3.63, 3.8) is 0 Å². The van der Waals surface area contributed by atoms with Gasteiger partial charge in [0, 0.05) is 30.9 Å². The molecule has 1 aromatic heterocycles. The minimum absolute atomic E-state index is 0.0958. The Morgan fingerprint density at radius 2 is 2.26 bits per heavy atom. The summed E-state index contributed by atoms with van der Waals surface area (Å²) in [6, 6.07) is 10.2. The molecule has 0 saturated carbocycles. The normalized spacial score (nSPS) is 18.7. The van der Waals surface area contributed by atoms with Gasteiger partial charge in [0.05, 0.1) is 6.54 Å².